The minimum absolute atomic E-state index is 0. The highest BCUT2D eigenvalue weighted by Crippen LogP contribution is 2.19. The molecular weight excluding hydrogens is 292 g/mol. The van der Waals surface area contributed by atoms with Gasteiger partial charge in [-0.3, -0.25) is 0 Å². The molecule has 0 saturated heterocycles. The summed E-state index contributed by atoms with van der Waals surface area (Å²) in [6.45, 7) is 2.64. The number of rotatable bonds is 6. The van der Waals surface area contributed by atoms with E-state index >= 15 is 0 Å². The predicted octanol–water partition coefficient (Wildman–Crippen LogP) is 2.72. The summed E-state index contributed by atoms with van der Waals surface area (Å²) in [6, 6.07) is 9.96. The summed E-state index contributed by atoms with van der Waals surface area (Å²) >= 11 is 0. The first-order valence-electron chi connectivity index (χ1n) is 6.47. The van der Waals surface area contributed by atoms with E-state index in [0.717, 1.165) is 5.56 Å². The van der Waals surface area contributed by atoms with Crippen molar-refractivity contribution >= 4 is 18.4 Å². The number of imidazole rings is 1. The summed E-state index contributed by atoms with van der Waals surface area (Å²) in [7, 11) is 1.57. The minimum atomic E-state index is -0.387. The van der Waals surface area contributed by atoms with Gasteiger partial charge < -0.3 is 14.0 Å². The lowest BCUT2D eigenvalue weighted by molar-refractivity contribution is 0.0375. The van der Waals surface area contributed by atoms with Crippen molar-refractivity contribution in [3.63, 3.8) is 0 Å². The monoisotopic (exact) mass is 310 g/mol. The minimum Gasteiger partial charge on any atom is -0.459 e. The second kappa shape index (κ2) is 8.44. The summed E-state index contributed by atoms with van der Waals surface area (Å²) < 4.78 is 11.8. The number of esters is 1. The van der Waals surface area contributed by atoms with Crippen LogP contribution in [0.1, 0.15) is 29.0 Å². The third-order valence-electron chi connectivity index (χ3n) is 3.10. The normalized spacial score (nSPS) is 11.5. The van der Waals surface area contributed by atoms with E-state index in [0.29, 0.717) is 12.3 Å². The lowest BCUT2D eigenvalue weighted by Gasteiger charge is -2.16. The van der Waals surface area contributed by atoms with Gasteiger partial charge in [-0.2, -0.15) is 0 Å². The molecule has 1 atom stereocenters. The van der Waals surface area contributed by atoms with E-state index in [9.17, 15) is 4.79 Å². The van der Waals surface area contributed by atoms with E-state index in [2.05, 4.69) is 4.98 Å². The van der Waals surface area contributed by atoms with Gasteiger partial charge >= 0.3 is 5.97 Å². The second-order valence-corrected chi connectivity index (χ2v) is 4.40. The van der Waals surface area contributed by atoms with Crippen molar-refractivity contribution in [2.75, 3.05) is 20.3 Å². The van der Waals surface area contributed by atoms with Gasteiger partial charge in [-0.25, -0.2) is 9.78 Å². The summed E-state index contributed by atoms with van der Waals surface area (Å²) in [5.74, 6) is -0.387. The Labute approximate surface area is 130 Å². The van der Waals surface area contributed by atoms with Gasteiger partial charge in [0.15, 0.2) is 0 Å². The SMILES string of the molecule is COCCOC(=O)c1cncn1[C@H](C)c1ccccc1.Cl. The zero-order chi connectivity index (χ0) is 14.4. The first-order chi connectivity index (χ1) is 9.74. The first-order valence-corrected chi connectivity index (χ1v) is 6.47. The highest BCUT2D eigenvalue weighted by Gasteiger charge is 2.17. The predicted molar refractivity (Wildman–Crippen MR) is 81.9 cm³/mol. The summed E-state index contributed by atoms with van der Waals surface area (Å²) in [5, 5.41) is 0. The molecule has 1 heterocycles. The fourth-order valence-electron chi connectivity index (χ4n) is 1.96. The summed E-state index contributed by atoms with van der Waals surface area (Å²) in [6.07, 6.45) is 3.17. The first kappa shape index (κ1) is 17.2. The molecule has 0 aliphatic carbocycles. The van der Waals surface area contributed by atoms with Crippen LogP contribution in [0.25, 0.3) is 0 Å². The van der Waals surface area contributed by atoms with E-state index < -0.39 is 0 Å². The third-order valence-corrected chi connectivity index (χ3v) is 3.10. The van der Waals surface area contributed by atoms with Crippen LogP contribution < -0.4 is 0 Å². The quantitative estimate of drug-likeness (QED) is 0.608. The van der Waals surface area contributed by atoms with Crippen LogP contribution in [0, 0.1) is 0 Å². The Morgan fingerprint density at radius 2 is 2.00 bits per heavy atom. The molecule has 2 rings (SSSR count). The molecule has 1 aromatic carbocycles. The lowest BCUT2D eigenvalue weighted by atomic mass is 10.1. The maximum atomic E-state index is 12.0. The van der Waals surface area contributed by atoms with Crippen molar-refractivity contribution in [3.05, 3.63) is 54.1 Å². The molecule has 0 bridgehead atoms. The van der Waals surface area contributed by atoms with Crippen molar-refractivity contribution in [1.29, 1.82) is 0 Å². The zero-order valence-electron chi connectivity index (χ0n) is 12.1. The van der Waals surface area contributed by atoms with Crippen LogP contribution >= 0.6 is 12.4 Å². The van der Waals surface area contributed by atoms with Crippen LogP contribution in [-0.2, 0) is 9.47 Å². The van der Waals surface area contributed by atoms with Crippen molar-refractivity contribution in [2.45, 2.75) is 13.0 Å². The Morgan fingerprint density at radius 1 is 1.29 bits per heavy atom. The molecular formula is C15H19ClN2O3. The molecule has 0 aliphatic rings. The molecule has 6 heteroatoms. The molecule has 0 radical (unpaired) electrons. The second-order valence-electron chi connectivity index (χ2n) is 4.40. The van der Waals surface area contributed by atoms with Gasteiger partial charge in [-0.1, -0.05) is 30.3 Å². The number of halogens is 1. The fourth-order valence-corrected chi connectivity index (χ4v) is 1.96. The van der Waals surface area contributed by atoms with Gasteiger partial charge in [0, 0.05) is 7.11 Å². The van der Waals surface area contributed by atoms with Crippen LogP contribution in [-0.4, -0.2) is 35.8 Å². The van der Waals surface area contributed by atoms with Crippen molar-refractivity contribution in [1.82, 2.24) is 9.55 Å². The number of carbonyl (C=O) groups is 1. The number of hydrogen-bond donors (Lipinski definition) is 0. The van der Waals surface area contributed by atoms with Crippen LogP contribution in [0.15, 0.2) is 42.9 Å². The number of aromatic nitrogens is 2. The molecule has 0 aliphatic heterocycles. The molecule has 0 fully saturated rings. The number of hydrogen-bond acceptors (Lipinski definition) is 4. The highest BCUT2D eigenvalue weighted by molar-refractivity contribution is 5.87. The van der Waals surface area contributed by atoms with E-state index in [4.69, 9.17) is 9.47 Å². The molecule has 0 saturated carbocycles. The van der Waals surface area contributed by atoms with Crippen LogP contribution in [0.4, 0.5) is 0 Å². The van der Waals surface area contributed by atoms with Gasteiger partial charge in [0.05, 0.1) is 25.2 Å². The van der Waals surface area contributed by atoms with E-state index in [1.54, 1.807) is 13.4 Å². The Morgan fingerprint density at radius 3 is 2.67 bits per heavy atom. The molecule has 114 valence electrons. The number of ether oxygens (including phenoxy) is 2. The topological polar surface area (TPSA) is 53.4 Å². The lowest BCUT2D eigenvalue weighted by Crippen LogP contribution is -2.17. The number of benzene rings is 1. The molecule has 1 aromatic heterocycles. The molecule has 0 N–H and O–H groups in total. The average Bonchev–Trinajstić information content (AvgIpc) is 2.97. The summed E-state index contributed by atoms with van der Waals surface area (Å²) in [4.78, 5) is 16.0. The molecule has 0 unspecified atom stereocenters. The molecule has 5 nitrogen and oxygen atoms in total. The molecule has 21 heavy (non-hydrogen) atoms. The smallest absolute Gasteiger partial charge is 0.356 e. The maximum absolute atomic E-state index is 12.0. The van der Waals surface area contributed by atoms with Crippen molar-refractivity contribution in [2.24, 2.45) is 0 Å². The Bertz CT molecular complexity index is 557. The van der Waals surface area contributed by atoms with Crippen molar-refractivity contribution in [3.8, 4) is 0 Å². The molecule has 2 aromatic rings. The molecule has 0 spiro atoms. The largest absolute Gasteiger partial charge is 0.459 e. The molecule has 0 amide bonds. The van der Waals surface area contributed by atoms with Gasteiger partial charge in [-0.15, -0.1) is 12.4 Å². The third kappa shape index (κ3) is 4.31. The van der Waals surface area contributed by atoms with Crippen LogP contribution in [0.5, 0.6) is 0 Å². The van der Waals surface area contributed by atoms with E-state index in [1.807, 2.05) is 41.8 Å². The van der Waals surface area contributed by atoms with E-state index in [1.165, 1.54) is 6.20 Å². The summed E-state index contributed by atoms with van der Waals surface area (Å²) in [5.41, 5.74) is 1.55. The highest BCUT2D eigenvalue weighted by atomic mass is 35.5. The maximum Gasteiger partial charge on any atom is 0.356 e. The standard InChI is InChI=1S/C15H18N2O3.ClH/c1-12(13-6-4-3-5-7-13)17-11-16-10-14(17)15(18)20-9-8-19-2;/h3-7,10-12H,8-9H2,1-2H3;1H/t12-;/m1./s1. The number of nitrogens with zero attached hydrogens (tertiary/aromatic N) is 2. The van der Waals surface area contributed by atoms with Gasteiger partial charge in [0.25, 0.3) is 0 Å². The number of methoxy groups -OCH3 is 1. The van der Waals surface area contributed by atoms with Gasteiger partial charge in [0.1, 0.15) is 12.3 Å². The van der Waals surface area contributed by atoms with Crippen molar-refractivity contribution < 1.29 is 14.3 Å². The van der Waals surface area contributed by atoms with Crippen LogP contribution in [0.3, 0.4) is 0 Å². The van der Waals surface area contributed by atoms with Gasteiger partial charge in [-0.05, 0) is 12.5 Å². The number of carbonyl (C=O) groups excluding carboxylic acids is 1. The Hall–Kier alpha value is -1.85. The Balaban J connectivity index is 0.00000220. The zero-order valence-corrected chi connectivity index (χ0v) is 12.9. The Kier molecular flexibility index (Phi) is 6.91. The van der Waals surface area contributed by atoms with Crippen LogP contribution in [0.2, 0.25) is 0 Å². The van der Waals surface area contributed by atoms with Gasteiger partial charge in [0.2, 0.25) is 0 Å². The fraction of sp³-hybridized carbons (Fsp3) is 0.333. The average molecular weight is 311 g/mol. The van der Waals surface area contributed by atoms with E-state index in [-0.39, 0.29) is 31.0 Å².